The minimum atomic E-state index is -4.06. The summed E-state index contributed by atoms with van der Waals surface area (Å²) in [6, 6.07) is 13.0. The van der Waals surface area contributed by atoms with Crippen molar-refractivity contribution in [2.45, 2.75) is 32.2 Å². The van der Waals surface area contributed by atoms with Crippen LogP contribution < -0.4 is 5.32 Å². The van der Waals surface area contributed by atoms with E-state index in [0.29, 0.717) is 37.4 Å². The Labute approximate surface area is 219 Å². The molecule has 34 heavy (non-hydrogen) atoms. The summed E-state index contributed by atoms with van der Waals surface area (Å²) in [4.78, 5) is 13.1. The molecule has 0 radical (unpaired) electrons. The van der Waals surface area contributed by atoms with Crippen molar-refractivity contribution in [1.29, 1.82) is 0 Å². The van der Waals surface area contributed by atoms with Crippen LogP contribution in [0.4, 0.5) is 5.69 Å². The SMILES string of the molecule is Cc1cc(C)c(S(=O)(=O)N(CC(=O)Nc2cc(Cl)cc(Cl)c2)Cc2ccc(Cl)c(Cl)c2)c(C)c1. The lowest BCUT2D eigenvalue weighted by Crippen LogP contribution is -2.38. The summed E-state index contributed by atoms with van der Waals surface area (Å²) < 4.78 is 28.7. The van der Waals surface area contributed by atoms with E-state index in [-0.39, 0.29) is 16.5 Å². The van der Waals surface area contributed by atoms with E-state index in [1.807, 2.05) is 6.92 Å². The Bertz CT molecular complexity index is 1320. The van der Waals surface area contributed by atoms with Crippen LogP contribution in [0.3, 0.4) is 0 Å². The standard InChI is InChI=1S/C24H22Cl4N2O3S/c1-14-6-15(2)24(16(3)7-14)34(32,33)30(12-17-4-5-21(27)22(28)8-17)13-23(31)29-20-10-18(25)9-19(26)11-20/h4-11H,12-13H2,1-3H3,(H,29,31). The number of sulfonamides is 1. The Morgan fingerprint density at radius 2 is 1.44 bits per heavy atom. The highest BCUT2D eigenvalue weighted by Crippen LogP contribution is 2.29. The van der Waals surface area contributed by atoms with Crippen LogP contribution in [0.5, 0.6) is 0 Å². The first-order valence-corrected chi connectivity index (χ1v) is 13.1. The number of benzene rings is 3. The van der Waals surface area contributed by atoms with Crippen LogP contribution in [0.1, 0.15) is 22.3 Å². The molecule has 0 saturated carbocycles. The van der Waals surface area contributed by atoms with E-state index < -0.39 is 22.5 Å². The van der Waals surface area contributed by atoms with E-state index in [1.54, 1.807) is 44.2 Å². The van der Waals surface area contributed by atoms with Crippen molar-refractivity contribution in [2.24, 2.45) is 0 Å². The molecule has 1 amide bonds. The topological polar surface area (TPSA) is 66.5 Å². The minimum Gasteiger partial charge on any atom is -0.325 e. The van der Waals surface area contributed by atoms with E-state index in [1.165, 1.54) is 18.2 Å². The number of hydrogen-bond acceptors (Lipinski definition) is 3. The molecule has 0 heterocycles. The quantitative estimate of drug-likeness (QED) is 0.337. The Morgan fingerprint density at radius 3 is 2.00 bits per heavy atom. The smallest absolute Gasteiger partial charge is 0.244 e. The normalized spacial score (nSPS) is 11.6. The van der Waals surface area contributed by atoms with Gasteiger partial charge in [0.1, 0.15) is 0 Å². The molecule has 0 aliphatic heterocycles. The van der Waals surface area contributed by atoms with E-state index in [9.17, 15) is 13.2 Å². The van der Waals surface area contributed by atoms with Gasteiger partial charge >= 0.3 is 0 Å². The average molecular weight is 560 g/mol. The number of anilines is 1. The number of amides is 1. The van der Waals surface area contributed by atoms with Gasteiger partial charge < -0.3 is 5.32 Å². The number of nitrogens with one attached hydrogen (secondary N) is 1. The van der Waals surface area contributed by atoms with Gasteiger partial charge in [-0.1, -0.05) is 70.2 Å². The van der Waals surface area contributed by atoms with Gasteiger partial charge in [0.05, 0.1) is 21.5 Å². The minimum absolute atomic E-state index is 0.0876. The number of carbonyl (C=O) groups excluding carboxylic acids is 1. The van der Waals surface area contributed by atoms with Gasteiger partial charge in [0.25, 0.3) is 0 Å². The fourth-order valence-electron chi connectivity index (χ4n) is 3.76. The third-order valence-corrected chi connectivity index (χ3v) is 8.29. The molecule has 0 aliphatic rings. The molecule has 3 rings (SSSR count). The van der Waals surface area contributed by atoms with Crippen molar-refractivity contribution >= 4 is 68.0 Å². The first-order chi connectivity index (χ1) is 15.9. The molecule has 0 aliphatic carbocycles. The average Bonchev–Trinajstić information content (AvgIpc) is 2.68. The zero-order valence-electron chi connectivity index (χ0n) is 18.6. The van der Waals surface area contributed by atoms with E-state index in [0.717, 1.165) is 9.87 Å². The van der Waals surface area contributed by atoms with Gasteiger partial charge in [-0.25, -0.2) is 8.42 Å². The van der Waals surface area contributed by atoms with Gasteiger partial charge in [-0.05, 0) is 67.8 Å². The molecule has 0 fully saturated rings. The fourth-order valence-corrected chi connectivity index (χ4v) is 6.40. The summed E-state index contributed by atoms with van der Waals surface area (Å²) in [5, 5.41) is 3.98. The van der Waals surface area contributed by atoms with Gasteiger partial charge in [0.15, 0.2) is 0 Å². The van der Waals surface area contributed by atoms with Crippen molar-refractivity contribution in [2.75, 3.05) is 11.9 Å². The molecule has 180 valence electrons. The van der Waals surface area contributed by atoms with Crippen molar-refractivity contribution in [1.82, 2.24) is 4.31 Å². The predicted octanol–water partition coefficient (Wildman–Crippen LogP) is 7.06. The van der Waals surface area contributed by atoms with Crippen molar-refractivity contribution in [3.05, 3.63) is 90.9 Å². The van der Waals surface area contributed by atoms with E-state index in [2.05, 4.69) is 5.32 Å². The molecular weight excluding hydrogens is 538 g/mol. The lowest BCUT2D eigenvalue weighted by molar-refractivity contribution is -0.116. The van der Waals surface area contributed by atoms with Crippen LogP contribution in [0.25, 0.3) is 0 Å². The Morgan fingerprint density at radius 1 is 0.853 bits per heavy atom. The van der Waals surface area contributed by atoms with E-state index in [4.69, 9.17) is 46.4 Å². The predicted molar refractivity (Wildman–Crippen MR) is 140 cm³/mol. The number of nitrogens with zero attached hydrogens (tertiary/aromatic N) is 1. The Kier molecular flexibility index (Phi) is 8.56. The number of rotatable bonds is 7. The van der Waals surface area contributed by atoms with Gasteiger partial charge in [0, 0.05) is 22.3 Å². The summed E-state index contributed by atoms with van der Waals surface area (Å²) >= 11 is 24.2. The van der Waals surface area contributed by atoms with Crippen LogP contribution in [0, 0.1) is 20.8 Å². The zero-order valence-corrected chi connectivity index (χ0v) is 22.5. The summed E-state index contributed by atoms with van der Waals surface area (Å²) in [7, 11) is -4.06. The monoisotopic (exact) mass is 558 g/mol. The molecule has 0 bridgehead atoms. The molecular formula is C24H22Cl4N2O3S. The summed E-state index contributed by atoms with van der Waals surface area (Å²) in [6.07, 6.45) is 0. The fraction of sp³-hybridized carbons (Fsp3) is 0.208. The summed E-state index contributed by atoms with van der Waals surface area (Å²) in [5.41, 5.74) is 3.08. The highest BCUT2D eigenvalue weighted by molar-refractivity contribution is 7.89. The molecule has 5 nitrogen and oxygen atoms in total. The van der Waals surface area contributed by atoms with Crippen LogP contribution in [0.15, 0.2) is 53.4 Å². The molecule has 0 unspecified atom stereocenters. The summed E-state index contributed by atoms with van der Waals surface area (Å²) in [5.74, 6) is -0.551. The van der Waals surface area contributed by atoms with Crippen molar-refractivity contribution in [3.63, 3.8) is 0 Å². The third-order valence-electron chi connectivity index (χ3n) is 5.01. The second-order valence-electron chi connectivity index (χ2n) is 7.96. The van der Waals surface area contributed by atoms with Gasteiger partial charge in [-0.15, -0.1) is 0 Å². The Hall–Kier alpha value is -1.80. The number of aryl methyl sites for hydroxylation is 3. The van der Waals surface area contributed by atoms with Crippen molar-refractivity contribution < 1.29 is 13.2 Å². The maximum atomic E-state index is 13.8. The van der Waals surface area contributed by atoms with Crippen LogP contribution >= 0.6 is 46.4 Å². The number of hydrogen-bond donors (Lipinski definition) is 1. The second-order valence-corrected chi connectivity index (χ2v) is 11.5. The van der Waals surface area contributed by atoms with Gasteiger partial charge in [-0.3, -0.25) is 4.79 Å². The molecule has 10 heteroatoms. The van der Waals surface area contributed by atoms with Crippen LogP contribution in [-0.2, 0) is 21.4 Å². The highest BCUT2D eigenvalue weighted by atomic mass is 35.5. The lowest BCUT2D eigenvalue weighted by Gasteiger charge is -2.24. The molecule has 1 N–H and O–H groups in total. The number of halogens is 4. The van der Waals surface area contributed by atoms with Crippen molar-refractivity contribution in [3.8, 4) is 0 Å². The lowest BCUT2D eigenvalue weighted by atomic mass is 10.1. The molecule has 3 aromatic rings. The highest BCUT2D eigenvalue weighted by Gasteiger charge is 2.30. The van der Waals surface area contributed by atoms with Crippen LogP contribution in [-0.4, -0.2) is 25.2 Å². The van der Waals surface area contributed by atoms with Gasteiger partial charge in [-0.2, -0.15) is 4.31 Å². The third kappa shape index (κ3) is 6.45. The molecule has 0 saturated heterocycles. The summed E-state index contributed by atoms with van der Waals surface area (Å²) in [6.45, 7) is 4.83. The Balaban J connectivity index is 1.99. The van der Waals surface area contributed by atoms with E-state index >= 15 is 0 Å². The maximum absolute atomic E-state index is 13.8. The first kappa shape index (κ1) is 26.8. The zero-order chi connectivity index (χ0) is 25.2. The van der Waals surface area contributed by atoms with Gasteiger partial charge in [0.2, 0.25) is 15.9 Å². The first-order valence-electron chi connectivity index (χ1n) is 10.1. The maximum Gasteiger partial charge on any atom is 0.244 e. The molecule has 0 atom stereocenters. The second kappa shape index (κ2) is 10.9. The molecule has 0 spiro atoms. The molecule has 3 aromatic carbocycles. The largest absolute Gasteiger partial charge is 0.325 e. The van der Waals surface area contributed by atoms with Crippen LogP contribution in [0.2, 0.25) is 20.1 Å². The molecule has 0 aromatic heterocycles. The number of carbonyl (C=O) groups is 1.